The predicted octanol–water partition coefficient (Wildman–Crippen LogP) is 2.69. The summed E-state index contributed by atoms with van der Waals surface area (Å²) in [6.07, 6.45) is -0.446. The second-order valence-corrected chi connectivity index (χ2v) is 5.68. The first-order valence-corrected chi connectivity index (χ1v) is 6.26. The highest BCUT2D eigenvalue weighted by molar-refractivity contribution is 7.94. The van der Waals surface area contributed by atoms with Crippen molar-refractivity contribution in [3.8, 4) is 0 Å². The first-order valence-electron chi connectivity index (χ1n) is 4.72. The summed E-state index contributed by atoms with van der Waals surface area (Å²) in [5.74, 6) is -2.92. The van der Waals surface area contributed by atoms with E-state index in [0.29, 0.717) is 5.41 Å². The molecule has 1 aliphatic carbocycles. The number of sulfone groups is 1. The van der Waals surface area contributed by atoms with Gasteiger partial charge < -0.3 is 0 Å². The van der Waals surface area contributed by atoms with Gasteiger partial charge >= 0.3 is 0 Å². The van der Waals surface area contributed by atoms with Gasteiger partial charge in [-0.1, -0.05) is 17.7 Å². The van der Waals surface area contributed by atoms with Gasteiger partial charge in [0.2, 0.25) is 0 Å². The van der Waals surface area contributed by atoms with Gasteiger partial charge in [0.15, 0.2) is 9.84 Å². The van der Waals surface area contributed by atoms with Crippen LogP contribution in [0.25, 0.3) is 0 Å². The first-order chi connectivity index (χ1) is 7.31. The van der Waals surface area contributed by atoms with E-state index in [-0.39, 0.29) is 10.5 Å². The van der Waals surface area contributed by atoms with Crippen LogP contribution < -0.4 is 0 Å². The van der Waals surface area contributed by atoms with Crippen molar-refractivity contribution in [1.82, 2.24) is 0 Å². The summed E-state index contributed by atoms with van der Waals surface area (Å²) in [5.41, 5.74) is 0.608. The van der Waals surface area contributed by atoms with E-state index in [1.807, 2.05) is 6.92 Å². The number of allylic oxidation sites excluding steroid dienone is 1. The standard InChI is InChI=1S/C11H10F2O2S/c1-8-2-4-10(5-3-8)16(14,15)7-9-6-11(9,12)13/h2-5,7H,6H2,1H3/b9-7-. The van der Waals surface area contributed by atoms with Crippen LogP contribution >= 0.6 is 0 Å². The fourth-order valence-corrected chi connectivity index (χ4v) is 2.59. The largest absolute Gasteiger partial charge is 0.274 e. The summed E-state index contributed by atoms with van der Waals surface area (Å²) < 4.78 is 48.5. The van der Waals surface area contributed by atoms with Crippen LogP contribution in [0, 0.1) is 6.92 Å². The number of aryl methyl sites for hydroxylation is 1. The molecule has 0 heterocycles. The van der Waals surface area contributed by atoms with E-state index in [1.54, 1.807) is 12.1 Å². The Balaban J connectivity index is 2.34. The molecule has 16 heavy (non-hydrogen) atoms. The molecular weight excluding hydrogens is 234 g/mol. The molecule has 0 N–H and O–H groups in total. The van der Waals surface area contributed by atoms with E-state index in [0.717, 1.165) is 5.56 Å². The van der Waals surface area contributed by atoms with Gasteiger partial charge in [0.25, 0.3) is 5.92 Å². The van der Waals surface area contributed by atoms with Crippen LogP contribution in [0.15, 0.2) is 40.1 Å². The lowest BCUT2D eigenvalue weighted by atomic mass is 10.2. The molecular formula is C11H10F2O2S. The lowest BCUT2D eigenvalue weighted by molar-refractivity contribution is 0.136. The summed E-state index contributed by atoms with van der Waals surface area (Å²) in [4.78, 5) is 0.0494. The van der Waals surface area contributed by atoms with Crippen molar-refractivity contribution in [2.45, 2.75) is 24.2 Å². The van der Waals surface area contributed by atoms with Crippen molar-refractivity contribution < 1.29 is 17.2 Å². The molecule has 0 bridgehead atoms. The number of benzene rings is 1. The fraction of sp³-hybridized carbons (Fsp3) is 0.273. The van der Waals surface area contributed by atoms with Crippen molar-refractivity contribution in [2.75, 3.05) is 0 Å². The molecule has 1 aromatic carbocycles. The minimum atomic E-state index is -3.73. The Kier molecular flexibility index (Phi) is 2.38. The zero-order valence-electron chi connectivity index (χ0n) is 8.57. The van der Waals surface area contributed by atoms with Gasteiger partial charge in [-0.15, -0.1) is 0 Å². The van der Waals surface area contributed by atoms with Crippen molar-refractivity contribution in [3.05, 3.63) is 40.8 Å². The van der Waals surface area contributed by atoms with E-state index < -0.39 is 22.2 Å². The second-order valence-electron chi connectivity index (χ2n) is 3.88. The smallest absolute Gasteiger partial charge is 0.219 e. The van der Waals surface area contributed by atoms with Crippen molar-refractivity contribution in [1.29, 1.82) is 0 Å². The van der Waals surface area contributed by atoms with Gasteiger partial charge in [0, 0.05) is 17.4 Å². The molecule has 0 aliphatic heterocycles. The average molecular weight is 244 g/mol. The van der Waals surface area contributed by atoms with Crippen LogP contribution in [0.2, 0.25) is 0 Å². The molecule has 86 valence electrons. The molecule has 0 radical (unpaired) electrons. The highest BCUT2D eigenvalue weighted by Crippen LogP contribution is 2.48. The van der Waals surface area contributed by atoms with Crippen molar-refractivity contribution >= 4 is 9.84 Å². The zero-order chi connectivity index (χ0) is 12.0. The summed E-state index contributed by atoms with van der Waals surface area (Å²) >= 11 is 0. The van der Waals surface area contributed by atoms with Crippen LogP contribution in [-0.2, 0) is 9.84 Å². The van der Waals surface area contributed by atoms with Crippen molar-refractivity contribution in [2.24, 2.45) is 0 Å². The molecule has 2 rings (SSSR count). The van der Waals surface area contributed by atoms with E-state index in [2.05, 4.69) is 0 Å². The zero-order valence-corrected chi connectivity index (χ0v) is 9.39. The van der Waals surface area contributed by atoms with Crippen LogP contribution in [0.4, 0.5) is 8.78 Å². The van der Waals surface area contributed by atoms with Crippen LogP contribution in [0.1, 0.15) is 12.0 Å². The summed E-state index contributed by atoms with van der Waals surface area (Å²) in [6, 6.07) is 6.11. The maximum Gasteiger partial charge on any atom is 0.274 e. The number of hydrogen-bond donors (Lipinski definition) is 0. The highest BCUT2D eigenvalue weighted by atomic mass is 32.2. The van der Waals surface area contributed by atoms with E-state index in [9.17, 15) is 17.2 Å². The topological polar surface area (TPSA) is 34.1 Å². The van der Waals surface area contributed by atoms with E-state index in [4.69, 9.17) is 0 Å². The minimum Gasteiger partial charge on any atom is -0.219 e. The molecule has 0 atom stereocenters. The minimum absolute atomic E-state index is 0.0494. The lowest BCUT2D eigenvalue weighted by Gasteiger charge is -1.99. The van der Waals surface area contributed by atoms with Gasteiger partial charge in [-0.25, -0.2) is 17.2 Å². The molecule has 2 nitrogen and oxygen atoms in total. The highest BCUT2D eigenvalue weighted by Gasteiger charge is 2.51. The second kappa shape index (κ2) is 3.38. The predicted molar refractivity (Wildman–Crippen MR) is 56.0 cm³/mol. The van der Waals surface area contributed by atoms with Crippen LogP contribution in [0.5, 0.6) is 0 Å². The molecule has 1 saturated carbocycles. The Morgan fingerprint density at radius 1 is 1.25 bits per heavy atom. The third-order valence-corrected chi connectivity index (χ3v) is 3.93. The van der Waals surface area contributed by atoms with Gasteiger partial charge in [0.1, 0.15) is 0 Å². The SMILES string of the molecule is Cc1ccc(S(=O)(=O)/C=C2/CC2(F)F)cc1. The Labute approximate surface area is 92.5 Å². The fourth-order valence-electron chi connectivity index (χ4n) is 1.31. The van der Waals surface area contributed by atoms with Gasteiger partial charge in [-0.2, -0.15) is 0 Å². The van der Waals surface area contributed by atoms with E-state index in [1.165, 1.54) is 12.1 Å². The lowest BCUT2D eigenvalue weighted by Crippen LogP contribution is -1.97. The Bertz CT molecular complexity index is 542. The molecule has 1 aromatic rings. The molecule has 1 aliphatic rings. The normalized spacial score (nSPS) is 21.1. The third-order valence-electron chi connectivity index (χ3n) is 2.40. The van der Waals surface area contributed by atoms with Gasteiger partial charge in [-0.05, 0) is 19.1 Å². The van der Waals surface area contributed by atoms with Crippen LogP contribution in [0.3, 0.4) is 0 Å². The molecule has 0 aromatic heterocycles. The maximum absolute atomic E-state index is 12.6. The summed E-state index contributed by atoms with van der Waals surface area (Å²) in [7, 11) is -3.73. The molecule has 0 unspecified atom stereocenters. The van der Waals surface area contributed by atoms with Gasteiger partial charge in [-0.3, -0.25) is 0 Å². The summed E-state index contributed by atoms with van der Waals surface area (Å²) in [5, 5.41) is 0.678. The monoisotopic (exact) mass is 244 g/mol. The quantitative estimate of drug-likeness (QED) is 0.801. The van der Waals surface area contributed by atoms with Crippen LogP contribution in [-0.4, -0.2) is 14.3 Å². The third kappa shape index (κ3) is 2.14. The summed E-state index contributed by atoms with van der Waals surface area (Å²) in [6.45, 7) is 1.82. The molecule has 1 fully saturated rings. The number of halogens is 2. The molecule has 0 amide bonds. The Morgan fingerprint density at radius 2 is 1.75 bits per heavy atom. The number of hydrogen-bond acceptors (Lipinski definition) is 2. The molecule has 5 heteroatoms. The molecule has 0 spiro atoms. The average Bonchev–Trinajstić information content (AvgIpc) is 2.73. The molecule has 0 saturated heterocycles. The maximum atomic E-state index is 12.6. The van der Waals surface area contributed by atoms with E-state index >= 15 is 0 Å². The Hall–Kier alpha value is -1.23. The van der Waals surface area contributed by atoms with Crippen molar-refractivity contribution in [3.63, 3.8) is 0 Å². The number of alkyl halides is 2. The number of rotatable bonds is 2. The Morgan fingerprint density at radius 3 is 2.19 bits per heavy atom. The van der Waals surface area contributed by atoms with Gasteiger partial charge in [0.05, 0.1) is 4.90 Å². The first kappa shape index (κ1) is 11.3.